The van der Waals surface area contributed by atoms with Crippen LogP contribution in [0.3, 0.4) is 0 Å². The number of carbonyl (C=O) groups is 1. The number of para-hydroxylation sites is 1. The van der Waals surface area contributed by atoms with E-state index in [1.165, 1.54) is 0 Å². The predicted octanol–water partition coefficient (Wildman–Crippen LogP) is 6.29. The molecule has 0 radical (unpaired) electrons. The number of methoxy groups -OCH3 is 1. The Morgan fingerprint density at radius 1 is 1.29 bits per heavy atom. The molecule has 4 rings (SSSR count). The van der Waals surface area contributed by atoms with Gasteiger partial charge in [0.05, 0.1) is 29.1 Å². The van der Waals surface area contributed by atoms with Crippen LogP contribution in [0.1, 0.15) is 5.56 Å². The van der Waals surface area contributed by atoms with Gasteiger partial charge in [0.1, 0.15) is 0 Å². The maximum Gasteiger partial charge on any atom is 0.416 e. The van der Waals surface area contributed by atoms with E-state index in [9.17, 15) is 18.0 Å². The van der Waals surface area contributed by atoms with Crippen LogP contribution in [0.2, 0.25) is 5.02 Å². The SMILES string of the molecule is C=CCn1c(SCC(=O)Nc2cc(C(F)(F)F)ccc2Cl)nnc1-c1cc2cccc(OC)c2o1. The quantitative estimate of drug-likeness (QED) is 0.216. The lowest BCUT2D eigenvalue weighted by Gasteiger charge is -2.11. The third-order valence-electron chi connectivity index (χ3n) is 4.88. The minimum atomic E-state index is -4.56. The highest BCUT2D eigenvalue weighted by molar-refractivity contribution is 7.99. The molecule has 0 saturated heterocycles. The van der Waals surface area contributed by atoms with Crippen LogP contribution in [0.4, 0.5) is 18.9 Å². The van der Waals surface area contributed by atoms with Gasteiger partial charge >= 0.3 is 6.18 Å². The van der Waals surface area contributed by atoms with Gasteiger partial charge in [0.15, 0.2) is 22.2 Å². The zero-order chi connectivity index (χ0) is 25.2. The average Bonchev–Trinajstić information content (AvgIpc) is 3.42. The summed E-state index contributed by atoms with van der Waals surface area (Å²) in [6, 6.07) is 10.0. The van der Waals surface area contributed by atoms with Gasteiger partial charge in [0.25, 0.3) is 0 Å². The van der Waals surface area contributed by atoms with Crippen LogP contribution in [-0.2, 0) is 17.5 Å². The molecule has 1 amide bonds. The van der Waals surface area contributed by atoms with E-state index in [1.807, 2.05) is 12.1 Å². The molecule has 0 unspecified atom stereocenters. The number of benzene rings is 2. The highest BCUT2D eigenvalue weighted by Crippen LogP contribution is 2.35. The van der Waals surface area contributed by atoms with Crippen LogP contribution in [-0.4, -0.2) is 33.5 Å². The zero-order valence-corrected chi connectivity index (χ0v) is 19.8. The normalized spacial score (nSPS) is 11.6. The standard InChI is InChI=1S/C23H18ClF3N4O3S/c1-3-9-31-21(18-10-13-5-4-6-17(33-2)20(13)34-18)29-30-22(31)35-12-19(32)28-16-11-14(23(25,26)27)7-8-15(16)24/h3-8,10-11H,1,9,12H2,2H3,(H,28,32). The molecule has 0 aliphatic rings. The number of rotatable bonds is 8. The van der Waals surface area contributed by atoms with E-state index in [-0.39, 0.29) is 16.5 Å². The first-order chi connectivity index (χ1) is 16.7. The third kappa shape index (κ3) is 5.30. The number of nitrogens with zero attached hydrogens (tertiary/aromatic N) is 3. The van der Waals surface area contributed by atoms with Gasteiger partial charge in [-0.05, 0) is 30.3 Å². The van der Waals surface area contributed by atoms with Gasteiger partial charge in [-0.2, -0.15) is 13.2 Å². The molecule has 0 bridgehead atoms. The van der Waals surface area contributed by atoms with Crippen molar-refractivity contribution in [1.82, 2.24) is 14.8 Å². The summed E-state index contributed by atoms with van der Waals surface area (Å²) in [6.07, 6.45) is -2.92. The lowest BCUT2D eigenvalue weighted by molar-refractivity contribution is -0.137. The fourth-order valence-corrected chi connectivity index (χ4v) is 4.21. The summed E-state index contributed by atoms with van der Waals surface area (Å²) in [6.45, 7) is 4.08. The van der Waals surface area contributed by atoms with Crippen molar-refractivity contribution in [2.75, 3.05) is 18.2 Å². The first-order valence-corrected chi connectivity index (χ1v) is 11.5. The lowest BCUT2D eigenvalue weighted by atomic mass is 10.2. The van der Waals surface area contributed by atoms with Crippen LogP contribution < -0.4 is 10.1 Å². The van der Waals surface area contributed by atoms with Crippen molar-refractivity contribution in [3.05, 3.63) is 65.7 Å². The number of nitrogens with one attached hydrogen (secondary N) is 1. The second-order valence-electron chi connectivity index (χ2n) is 7.22. The molecule has 12 heteroatoms. The largest absolute Gasteiger partial charge is 0.493 e. The maximum atomic E-state index is 13.0. The van der Waals surface area contributed by atoms with Gasteiger partial charge in [0, 0.05) is 11.9 Å². The molecule has 7 nitrogen and oxygen atoms in total. The number of aromatic nitrogens is 3. The van der Waals surface area contributed by atoms with Crippen LogP contribution in [0.25, 0.3) is 22.6 Å². The molecule has 0 saturated carbocycles. The molecule has 0 spiro atoms. The van der Waals surface area contributed by atoms with Crippen LogP contribution in [0, 0.1) is 0 Å². The Morgan fingerprint density at radius 2 is 2.09 bits per heavy atom. The molecule has 4 aromatic rings. The topological polar surface area (TPSA) is 82.2 Å². The van der Waals surface area contributed by atoms with Crippen LogP contribution >= 0.6 is 23.4 Å². The molecular formula is C23H18ClF3N4O3S. The molecule has 35 heavy (non-hydrogen) atoms. The zero-order valence-electron chi connectivity index (χ0n) is 18.2. The Balaban J connectivity index is 1.53. The lowest BCUT2D eigenvalue weighted by Crippen LogP contribution is -2.16. The fraction of sp³-hybridized carbons (Fsp3) is 0.174. The molecular weight excluding hydrogens is 505 g/mol. The second kappa shape index (κ2) is 10.0. The number of allylic oxidation sites excluding steroid dienone is 1. The number of amides is 1. The smallest absolute Gasteiger partial charge is 0.416 e. The summed E-state index contributed by atoms with van der Waals surface area (Å²) in [5, 5.41) is 12.0. The number of hydrogen-bond donors (Lipinski definition) is 1. The maximum absolute atomic E-state index is 13.0. The number of ether oxygens (including phenoxy) is 1. The molecule has 2 aromatic carbocycles. The highest BCUT2D eigenvalue weighted by Gasteiger charge is 2.31. The van der Waals surface area contributed by atoms with Gasteiger partial charge < -0.3 is 14.5 Å². The van der Waals surface area contributed by atoms with E-state index in [2.05, 4.69) is 22.1 Å². The number of halogens is 4. The van der Waals surface area contributed by atoms with Crippen molar-refractivity contribution in [2.45, 2.75) is 17.9 Å². The van der Waals surface area contributed by atoms with E-state index >= 15 is 0 Å². The summed E-state index contributed by atoms with van der Waals surface area (Å²) in [4.78, 5) is 12.5. The van der Waals surface area contributed by atoms with E-state index in [4.69, 9.17) is 20.8 Å². The number of fused-ring (bicyclic) bond motifs is 1. The molecule has 0 fully saturated rings. The van der Waals surface area contributed by atoms with Gasteiger partial charge in [0.2, 0.25) is 11.7 Å². The molecule has 0 aliphatic carbocycles. The molecule has 0 atom stereocenters. The fourth-order valence-electron chi connectivity index (χ4n) is 3.29. The van der Waals surface area contributed by atoms with Crippen molar-refractivity contribution in [2.24, 2.45) is 0 Å². The molecule has 2 aromatic heterocycles. The van der Waals surface area contributed by atoms with Gasteiger partial charge in [-0.25, -0.2) is 0 Å². The van der Waals surface area contributed by atoms with E-state index in [1.54, 1.807) is 29.9 Å². The Kier molecular flexibility index (Phi) is 7.08. The summed E-state index contributed by atoms with van der Waals surface area (Å²) in [5.41, 5.74) is -0.482. The number of thioether (sulfide) groups is 1. The summed E-state index contributed by atoms with van der Waals surface area (Å²) in [7, 11) is 1.55. The Bertz CT molecular complexity index is 1400. The van der Waals surface area contributed by atoms with E-state index in [0.717, 1.165) is 35.3 Å². The van der Waals surface area contributed by atoms with Crippen LogP contribution in [0.15, 0.2) is 64.7 Å². The first kappa shape index (κ1) is 24.7. The molecule has 1 N–H and O–H groups in total. The van der Waals surface area contributed by atoms with Crippen molar-refractivity contribution < 1.29 is 27.1 Å². The monoisotopic (exact) mass is 522 g/mol. The number of furan rings is 1. The molecule has 182 valence electrons. The predicted molar refractivity (Wildman–Crippen MR) is 128 cm³/mol. The number of anilines is 1. The van der Waals surface area contributed by atoms with Crippen molar-refractivity contribution >= 4 is 45.9 Å². The summed E-state index contributed by atoms with van der Waals surface area (Å²) < 4.78 is 51.9. The van der Waals surface area contributed by atoms with Gasteiger partial charge in [-0.15, -0.1) is 16.8 Å². The average molecular weight is 523 g/mol. The minimum absolute atomic E-state index is 0.00576. The van der Waals surface area contributed by atoms with Crippen LogP contribution in [0.5, 0.6) is 5.75 Å². The Hall–Kier alpha value is -3.44. The Morgan fingerprint density at radius 3 is 2.80 bits per heavy atom. The van der Waals surface area contributed by atoms with Crippen molar-refractivity contribution in [1.29, 1.82) is 0 Å². The van der Waals surface area contributed by atoms with Gasteiger partial charge in [-0.1, -0.05) is 41.6 Å². The molecule has 2 heterocycles. The van der Waals surface area contributed by atoms with Crippen molar-refractivity contribution in [3.63, 3.8) is 0 Å². The Labute approximate surface area is 206 Å². The van der Waals surface area contributed by atoms with Crippen molar-refractivity contribution in [3.8, 4) is 17.3 Å². The summed E-state index contributed by atoms with van der Waals surface area (Å²) in [5.74, 6) is 0.746. The number of carbonyl (C=O) groups excluding carboxylic acids is 1. The minimum Gasteiger partial charge on any atom is -0.493 e. The van der Waals surface area contributed by atoms with E-state index in [0.29, 0.717) is 34.6 Å². The molecule has 0 aliphatic heterocycles. The second-order valence-corrected chi connectivity index (χ2v) is 8.57. The first-order valence-electron chi connectivity index (χ1n) is 10.1. The van der Waals surface area contributed by atoms with E-state index < -0.39 is 17.6 Å². The van der Waals surface area contributed by atoms with Gasteiger partial charge in [-0.3, -0.25) is 9.36 Å². The summed E-state index contributed by atoms with van der Waals surface area (Å²) >= 11 is 7.01. The highest BCUT2D eigenvalue weighted by atomic mass is 35.5. The third-order valence-corrected chi connectivity index (χ3v) is 6.17. The number of alkyl halides is 3. The number of hydrogen-bond acceptors (Lipinski definition) is 6.